The summed E-state index contributed by atoms with van der Waals surface area (Å²) in [6, 6.07) is 14.1. The van der Waals surface area contributed by atoms with E-state index in [0.29, 0.717) is 11.6 Å². The second kappa shape index (κ2) is 5.87. The van der Waals surface area contributed by atoms with Crippen molar-refractivity contribution >= 4 is 28.6 Å². The SMILES string of the molecule is CN1CCOc2c(-c3nc(-c4ccccc4)cs3)cc(Cl)cc21. The van der Waals surface area contributed by atoms with Gasteiger partial charge in [0.2, 0.25) is 0 Å². The Kier molecular flexibility index (Phi) is 3.71. The zero-order chi connectivity index (χ0) is 15.8. The van der Waals surface area contributed by atoms with E-state index >= 15 is 0 Å². The molecule has 3 aromatic rings. The quantitative estimate of drug-likeness (QED) is 0.658. The average molecular weight is 343 g/mol. The Morgan fingerprint density at radius 1 is 1.22 bits per heavy atom. The number of aromatic nitrogens is 1. The molecule has 0 amide bonds. The van der Waals surface area contributed by atoms with E-state index < -0.39 is 0 Å². The van der Waals surface area contributed by atoms with Crippen LogP contribution in [0.1, 0.15) is 0 Å². The van der Waals surface area contributed by atoms with Gasteiger partial charge in [0.15, 0.2) is 5.75 Å². The van der Waals surface area contributed by atoms with Gasteiger partial charge >= 0.3 is 0 Å². The van der Waals surface area contributed by atoms with Gasteiger partial charge in [-0.1, -0.05) is 41.9 Å². The van der Waals surface area contributed by atoms with Gasteiger partial charge in [0.1, 0.15) is 11.6 Å². The maximum atomic E-state index is 6.32. The van der Waals surface area contributed by atoms with Crippen LogP contribution in [0.5, 0.6) is 5.75 Å². The van der Waals surface area contributed by atoms with Gasteiger partial charge in [-0.05, 0) is 12.1 Å². The number of nitrogens with zero attached hydrogens (tertiary/aromatic N) is 2. The number of thiazole rings is 1. The van der Waals surface area contributed by atoms with E-state index in [0.717, 1.165) is 39.8 Å². The van der Waals surface area contributed by atoms with Gasteiger partial charge in [-0.2, -0.15) is 0 Å². The lowest BCUT2D eigenvalue weighted by Gasteiger charge is -2.29. The van der Waals surface area contributed by atoms with Crippen LogP contribution < -0.4 is 9.64 Å². The van der Waals surface area contributed by atoms with Crippen LogP contribution in [0.25, 0.3) is 21.8 Å². The summed E-state index contributed by atoms with van der Waals surface area (Å²) in [7, 11) is 2.05. The number of halogens is 1. The maximum absolute atomic E-state index is 6.32. The molecule has 0 saturated carbocycles. The highest BCUT2D eigenvalue weighted by Crippen LogP contribution is 2.44. The first kappa shape index (κ1) is 14.5. The summed E-state index contributed by atoms with van der Waals surface area (Å²) in [5, 5.41) is 3.70. The van der Waals surface area contributed by atoms with Crippen LogP contribution in [0.2, 0.25) is 5.02 Å². The topological polar surface area (TPSA) is 25.4 Å². The summed E-state index contributed by atoms with van der Waals surface area (Å²) in [4.78, 5) is 6.95. The van der Waals surface area contributed by atoms with Crippen molar-refractivity contribution in [3.05, 3.63) is 52.9 Å². The Morgan fingerprint density at radius 3 is 2.87 bits per heavy atom. The lowest BCUT2D eigenvalue weighted by atomic mass is 10.1. The minimum absolute atomic E-state index is 0.676. The van der Waals surface area contributed by atoms with Crippen LogP contribution >= 0.6 is 22.9 Å². The summed E-state index contributed by atoms with van der Waals surface area (Å²) in [6.45, 7) is 1.54. The van der Waals surface area contributed by atoms with Gasteiger partial charge in [-0.15, -0.1) is 11.3 Å². The molecule has 3 nitrogen and oxygen atoms in total. The van der Waals surface area contributed by atoms with E-state index in [4.69, 9.17) is 21.3 Å². The standard InChI is InChI=1S/C18H15ClN2OS/c1-21-7-8-22-17-14(9-13(19)10-16(17)21)18-20-15(11-23-18)12-5-3-2-4-6-12/h2-6,9-11H,7-8H2,1H3. The molecule has 0 saturated heterocycles. The number of anilines is 1. The van der Waals surface area contributed by atoms with Crippen LogP contribution in [0.15, 0.2) is 47.8 Å². The molecule has 2 aromatic carbocycles. The fraction of sp³-hybridized carbons (Fsp3) is 0.167. The lowest BCUT2D eigenvalue weighted by Crippen LogP contribution is -2.29. The monoisotopic (exact) mass is 342 g/mol. The first-order valence-electron chi connectivity index (χ1n) is 7.41. The van der Waals surface area contributed by atoms with E-state index in [1.807, 2.05) is 30.3 Å². The summed E-state index contributed by atoms with van der Waals surface area (Å²) in [6.07, 6.45) is 0. The van der Waals surface area contributed by atoms with Crippen LogP contribution in [-0.2, 0) is 0 Å². The molecule has 0 spiro atoms. The molecular formula is C18H15ClN2OS. The molecule has 116 valence electrons. The number of rotatable bonds is 2. The molecule has 0 aliphatic carbocycles. The van der Waals surface area contributed by atoms with Gasteiger partial charge in [0.05, 0.1) is 23.5 Å². The molecule has 0 radical (unpaired) electrons. The second-order valence-electron chi connectivity index (χ2n) is 5.48. The highest BCUT2D eigenvalue weighted by atomic mass is 35.5. The minimum atomic E-state index is 0.676. The van der Waals surface area contributed by atoms with Crippen LogP contribution in [-0.4, -0.2) is 25.2 Å². The molecule has 2 heterocycles. The summed E-state index contributed by atoms with van der Waals surface area (Å²) < 4.78 is 5.92. The predicted octanol–water partition coefficient (Wildman–Crippen LogP) is 4.96. The number of hydrogen-bond acceptors (Lipinski definition) is 4. The number of likely N-dealkylation sites (N-methyl/N-ethyl adjacent to an activating group) is 1. The highest BCUT2D eigenvalue weighted by Gasteiger charge is 2.22. The summed E-state index contributed by atoms with van der Waals surface area (Å²) >= 11 is 7.93. The second-order valence-corrected chi connectivity index (χ2v) is 6.77. The van der Waals surface area contributed by atoms with Gasteiger partial charge < -0.3 is 9.64 Å². The number of benzene rings is 2. The minimum Gasteiger partial charge on any atom is -0.489 e. The van der Waals surface area contributed by atoms with Crippen molar-refractivity contribution in [3.63, 3.8) is 0 Å². The first-order valence-corrected chi connectivity index (χ1v) is 8.67. The molecule has 1 aromatic heterocycles. The van der Waals surface area contributed by atoms with Crippen molar-refractivity contribution < 1.29 is 4.74 Å². The number of ether oxygens (including phenoxy) is 1. The fourth-order valence-electron chi connectivity index (χ4n) is 2.72. The molecule has 0 unspecified atom stereocenters. The largest absolute Gasteiger partial charge is 0.489 e. The van der Waals surface area contributed by atoms with E-state index in [9.17, 15) is 0 Å². The van der Waals surface area contributed by atoms with E-state index in [1.54, 1.807) is 11.3 Å². The van der Waals surface area contributed by atoms with Crippen molar-refractivity contribution in [3.8, 4) is 27.6 Å². The predicted molar refractivity (Wildman–Crippen MR) is 96.8 cm³/mol. The molecule has 0 bridgehead atoms. The maximum Gasteiger partial charge on any atom is 0.153 e. The molecule has 5 heteroatoms. The Balaban J connectivity index is 1.81. The Morgan fingerprint density at radius 2 is 2.04 bits per heavy atom. The molecule has 0 atom stereocenters. The third-order valence-electron chi connectivity index (χ3n) is 3.92. The van der Waals surface area contributed by atoms with E-state index in [2.05, 4.69) is 29.5 Å². The summed E-state index contributed by atoms with van der Waals surface area (Å²) in [5.74, 6) is 0.872. The van der Waals surface area contributed by atoms with Crippen molar-refractivity contribution in [1.29, 1.82) is 0 Å². The molecule has 23 heavy (non-hydrogen) atoms. The van der Waals surface area contributed by atoms with Crippen molar-refractivity contribution in [2.45, 2.75) is 0 Å². The number of fused-ring (bicyclic) bond motifs is 1. The smallest absolute Gasteiger partial charge is 0.153 e. The van der Waals surface area contributed by atoms with Gasteiger partial charge in [0, 0.05) is 23.0 Å². The van der Waals surface area contributed by atoms with Gasteiger partial charge in [-0.25, -0.2) is 4.98 Å². The zero-order valence-corrected chi connectivity index (χ0v) is 14.2. The summed E-state index contributed by atoms with van der Waals surface area (Å²) in [5.41, 5.74) is 4.08. The molecule has 4 rings (SSSR count). The molecule has 1 aliphatic heterocycles. The molecule has 0 fully saturated rings. The van der Waals surface area contributed by atoms with E-state index in [1.165, 1.54) is 0 Å². The Bertz CT molecular complexity index is 847. The van der Waals surface area contributed by atoms with Crippen LogP contribution in [0.4, 0.5) is 5.69 Å². The highest BCUT2D eigenvalue weighted by molar-refractivity contribution is 7.13. The van der Waals surface area contributed by atoms with Gasteiger partial charge in [-0.3, -0.25) is 0 Å². The first-order chi connectivity index (χ1) is 11.2. The lowest BCUT2D eigenvalue weighted by molar-refractivity contribution is 0.312. The van der Waals surface area contributed by atoms with Crippen molar-refractivity contribution in [2.75, 3.05) is 25.1 Å². The van der Waals surface area contributed by atoms with E-state index in [-0.39, 0.29) is 0 Å². The van der Waals surface area contributed by atoms with Gasteiger partial charge in [0.25, 0.3) is 0 Å². The molecule has 0 N–H and O–H groups in total. The third-order valence-corrected chi connectivity index (χ3v) is 5.02. The Labute approximate surface area is 144 Å². The zero-order valence-electron chi connectivity index (χ0n) is 12.6. The average Bonchev–Trinajstić information content (AvgIpc) is 3.06. The number of hydrogen-bond donors (Lipinski definition) is 0. The molecular weight excluding hydrogens is 328 g/mol. The van der Waals surface area contributed by atoms with Crippen molar-refractivity contribution in [1.82, 2.24) is 4.98 Å². The normalized spacial score (nSPS) is 13.6. The van der Waals surface area contributed by atoms with Crippen LogP contribution in [0, 0.1) is 0 Å². The fourth-order valence-corrected chi connectivity index (χ4v) is 3.77. The molecule has 1 aliphatic rings. The van der Waals surface area contributed by atoms with Crippen molar-refractivity contribution in [2.24, 2.45) is 0 Å². The third kappa shape index (κ3) is 2.69. The van der Waals surface area contributed by atoms with Crippen LogP contribution in [0.3, 0.4) is 0 Å². The Hall–Kier alpha value is -2.04.